The Morgan fingerprint density at radius 2 is 2.13 bits per heavy atom. The van der Waals surface area contributed by atoms with E-state index in [-0.39, 0.29) is 0 Å². The molecule has 2 atom stereocenters. The van der Waals surface area contributed by atoms with Gasteiger partial charge in [0.25, 0.3) is 0 Å². The number of aliphatic hydroxyl groups is 2. The Kier molecular flexibility index (Phi) is 3.35. The molecule has 15 heavy (non-hydrogen) atoms. The van der Waals surface area contributed by atoms with Crippen molar-refractivity contribution in [2.75, 3.05) is 19.6 Å². The third-order valence-electron chi connectivity index (χ3n) is 2.83. The number of nitrogens with zero attached hydrogens (tertiary/aromatic N) is 2. The van der Waals surface area contributed by atoms with Gasteiger partial charge in [-0.05, 0) is 13.3 Å². The van der Waals surface area contributed by atoms with Gasteiger partial charge in [0.2, 0.25) is 0 Å². The molecule has 0 radical (unpaired) electrons. The Morgan fingerprint density at radius 3 is 2.67 bits per heavy atom. The van der Waals surface area contributed by atoms with Crippen molar-refractivity contribution in [2.45, 2.75) is 25.6 Å². The van der Waals surface area contributed by atoms with Crippen LogP contribution >= 0.6 is 11.3 Å². The van der Waals surface area contributed by atoms with E-state index in [1.54, 1.807) is 11.3 Å². The van der Waals surface area contributed by atoms with E-state index in [0.717, 1.165) is 18.7 Å². The lowest BCUT2D eigenvalue weighted by molar-refractivity contribution is 0.0572. The SMILES string of the molecule is Cc1ncsc1CCN1C[C@@H](O)[C@@H](O)C1. The summed E-state index contributed by atoms with van der Waals surface area (Å²) in [4.78, 5) is 7.58. The third kappa shape index (κ3) is 2.55. The van der Waals surface area contributed by atoms with Gasteiger partial charge >= 0.3 is 0 Å². The van der Waals surface area contributed by atoms with Gasteiger partial charge in [-0.1, -0.05) is 0 Å². The van der Waals surface area contributed by atoms with Crippen LogP contribution in [0.25, 0.3) is 0 Å². The monoisotopic (exact) mass is 228 g/mol. The van der Waals surface area contributed by atoms with Gasteiger partial charge < -0.3 is 10.2 Å². The van der Waals surface area contributed by atoms with Crippen LogP contribution in [0.3, 0.4) is 0 Å². The summed E-state index contributed by atoms with van der Waals surface area (Å²) in [7, 11) is 0. The summed E-state index contributed by atoms with van der Waals surface area (Å²) in [5.41, 5.74) is 2.96. The van der Waals surface area contributed by atoms with E-state index < -0.39 is 12.2 Å². The molecule has 4 nitrogen and oxygen atoms in total. The molecule has 0 spiro atoms. The van der Waals surface area contributed by atoms with E-state index in [4.69, 9.17) is 0 Å². The highest BCUT2D eigenvalue weighted by molar-refractivity contribution is 7.09. The van der Waals surface area contributed by atoms with Gasteiger partial charge in [0, 0.05) is 24.5 Å². The highest BCUT2D eigenvalue weighted by Gasteiger charge is 2.28. The van der Waals surface area contributed by atoms with Gasteiger partial charge in [0.05, 0.1) is 23.4 Å². The largest absolute Gasteiger partial charge is 0.389 e. The number of hydrogen-bond donors (Lipinski definition) is 2. The molecule has 1 fully saturated rings. The number of β-amino-alcohol motifs (C(OH)–C–C–N with tert-alkyl or cyclic N) is 2. The van der Waals surface area contributed by atoms with E-state index >= 15 is 0 Å². The standard InChI is InChI=1S/C10H16N2O2S/c1-7-10(15-6-11-7)2-3-12-4-8(13)9(14)5-12/h6,8-9,13-14H,2-5H2,1H3/t8-,9+. The predicted octanol–water partition coefficient (Wildman–Crippen LogP) is 0.0314. The molecule has 2 rings (SSSR count). The third-order valence-corrected chi connectivity index (χ3v) is 3.83. The summed E-state index contributed by atoms with van der Waals surface area (Å²) in [5.74, 6) is 0. The molecule has 0 amide bonds. The summed E-state index contributed by atoms with van der Waals surface area (Å²) in [5, 5.41) is 18.8. The Morgan fingerprint density at radius 1 is 1.47 bits per heavy atom. The number of thiazole rings is 1. The van der Waals surface area contributed by atoms with Crippen LogP contribution in [0.4, 0.5) is 0 Å². The van der Waals surface area contributed by atoms with Crippen LogP contribution in [-0.4, -0.2) is 51.9 Å². The number of aliphatic hydroxyl groups excluding tert-OH is 2. The number of rotatable bonds is 3. The van der Waals surface area contributed by atoms with Crippen molar-refractivity contribution in [2.24, 2.45) is 0 Å². The van der Waals surface area contributed by atoms with E-state index in [2.05, 4.69) is 9.88 Å². The van der Waals surface area contributed by atoms with Crippen LogP contribution < -0.4 is 0 Å². The molecular weight excluding hydrogens is 212 g/mol. The average Bonchev–Trinajstić information content (AvgIpc) is 2.72. The minimum atomic E-state index is -0.576. The Bertz CT molecular complexity index is 319. The molecule has 1 aromatic rings. The number of likely N-dealkylation sites (tertiary alicyclic amines) is 1. The minimum absolute atomic E-state index is 0.576. The summed E-state index contributed by atoms with van der Waals surface area (Å²) in [6, 6.07) is 0. The van der Waals surface area contributed by atoms with Gasteiger partial charge in [-0.3, -0.25) is 4.90 Å². The van der Waals surface area contributed by atoms with Gasteiger partial charge in [-0.2, -0.15) is 0 Å². The molecule has 0 aliphatic carbocycles. The van der Waals surface area contributed by atoms with Crippen LogP contribution in [0.15, 0.2) is 5.51 Å². The average molecular weight is 228 g/mol. The lowest BCUT2D eigenvalue weighted by Crippen LogP contribution is -2.24. The van der Waals surface area contributed by atoms with Gasteiger partial charge in [-0.25, -0.2) is 4.98 Å². The molecule has 1 aliphatic heterocycles. The highest BCUT2D eigenvalue weighted by atomic mass is 32.1. The fraction of sp³-hybridized carbons (Fsp3) is 0.700. The minimum Gasteiger partial charge on any atom is -0.389 e. The summed E-state index contributed by atoms with van der Waals surface area (Å²) in [6.45, 7) is 4.06. The highest BCUT2D eigenvalue weighted by Crippen LogP contribution is 2.15. The quantitative estimate of drug-likeness (QED) is 0.766. The molecule has 0 saturated carbocycles. The van der Waals surface area contributed by atoms with Crippen LogP contribution in [0.5, 0.6) is 0 Å². The maximum Gasteiger partial charge on any atom is 0.0938 e. The topological polar surface area (TPSA) is 56.6 Å². The second-order valence-electron chi connectivity index (χ2n) is 4.01. The Hall–Kier alpha value is -0.490. The van der Waals surface area contributed by atoms with Crippen molar-refractivity contribution in [3.05, 3.63) is 16.1 Å². The van der Waals surface area contributed by atoms with Crippen molar-refractivity contribution in [1.29, 1.82) is 0 Å². The fourth-order valence-electron chi connectivity index (χ4n) is 1.86. The Balaban J connectivity index is 1.82. The first-order valence-electron chi connectivity index (χ1n) is 5.14. The molecule has 1 saturated heterocycles. The maximum atomic E-state index is 9.38. The predicted molar refractivity (Wildman–Crippen MR) is 59.0 cm³/mol. The summed E-state index contributed by atoms with van der Waals surface area (Å²) >= 11 is 1.67. The van der Waals surface area contributed by atoms with Crippen molar-refractivity contribution in [3.8, 4) is 0 Å². The molecule has 0 aromatic carbocycles. The number of aromatic nitrogens is 1. The van der Waals surface area contributed by atoms with Crippen molar-refractivity contribution in [3.63, 3.8) is 0 Å². The lowest BCUT2D eigenvalue weighted by atomic mass is 10.3. The smallest absolute Gasteiger partial charge is 0.0938 e. The van der Waals surface area contributed by atoms with Crippen LogP contribution in [-0.2, 0) is 6.42 Å². The Labute approximate surface area is 93.2 Å². The van der Waals surface area contributed by atoms with E-state index in [1.807, 2.05) is 12.4 Å². The molecule has 2 N–H and O–H groups in total. The first-order chi connectivity index (χ1) is 7.16. The fourth-order valence-corrected chi connectivity index (χ4v) is 2.63. The second-order valence-corrected chi connectivity index (χ2v) is 4.94. The van der Waals surface area contributed by atoms with Gasteiger partial charge in [-0.15, -0.1) is 11.3 Å². The first kappa shape index (κ1) is 11.0. The normalized spacial score (nSPS) is 27.4. The molecule has 0 bridgehead atoms. The maximum absolute atomic E-state index is 9.38. The molecule has 2 heterocycles. The zero-order chi connectivity index (χ0) is 10.8. The molecule has 0 unspecified atom stereocenters. The van der Waals surface area contributed by atoms with E-state index in [1.165, 1.54) is 4.88 Å². The summed E-state index contributed by atoms with van der Waals surface area (Å²) in [6.07, 6.45) is -0.198. The van der Waals surface area contributed by atoms with Gasteiger partial charge in [0.1, 0.15) is 0 Å². The van der Waals surface area contributed by atoms with E-state index in [0.29, 0.717) is 13.1 Å². The molecule has 1 aliphatic rings. The van der Waals surface area contributed by atoms with Crippen LogP contribution in [0.1, 0.15) is 10.6 Å². The number of hydrogen-bond acceptors (Lipinski definition) is 5. The first-order valence-corrected chi connectivity index (χ1v) is 6.02. The van der Waals surface area contributed by atoms with Crippen molar-refractivity contribution < 1.29 is 10.2 Å². The molecule has 5 heteroatoms. The van der Waals surface area contributed by atoms with Crippen LogP contribution in [0.2, 0.25) is 0 Å². The zero-order valence-electron chi connectivity index (χ0n) is 8.76. The van der Waals surface area contributed by atoms with Crippen molar-refractivity contribution >= 4 is 11.3 Å². The van der Waals surface area contributed by atoms with E-state index in [9.17, 15) is 10.2 Å². The molecule has 1 aromatic heterocycles. The second kappa shape index (κ2) is 4.57. The zero-order valence-corrected chi connectivity index (χ0v) is 9.57. The number of aryl methyl sites for hydroxylation is 1. The van der Waals surface area contributed by atoms with Gasteiger partial charge in [0.15, 0.2) is 0 Å². The van der Waals surface area contributed by atoms with Crippen molar-refractivity contribution in [1.82, 2.24) is 9.88 Å². The molecular formula is C10H16N2O2S. The summed E-state index contributed by atoms with van der Waals surface area (Å²) < 4.78 is 0. The molecule has 84 valence electrons. The lowest BCUT2D eigenvalue weighted by Gasteiger charge is -2.13. The van der Waals surface area contributed by atoms with Crippen LogP contribution in [0, 0.1) is 6.92 Å².